The molecule has 0 aliphatic carbocycles. The summed E-state index contributed by atoms with van der Waals surface area (Å²) < 4.78 is 5.36. The summed E-state index contributed by atoms with van der Waals surface area (Å²) in [6, 6.07) is 7.30. The maximum Gasteiger partial charge on any atom is 0.230 e. The molecule has 1 aromatic rings. The quantitative estimate of drug-likeness (QED) is 0.809. The van der Waals surface area contributed by atoms with Crippen molar-refractivity contribution in [2.45, 2.75) is 18.3 Å². The van der Waals surface area contributed by atoms with Gasteiger partial charge < -0.3 is 10.1 Å². The van der Waals surface area contributed by atoms with E-state index in [1.165, 1.54) is 0 Å². The van der Waals surface area contributed by atoms with Crippen molar-refractivity contribution in [3.05, 3.63) is 41.2 Å². The monoisotopic (exact) mass is 244 g/mol. The number of hydrogen-bond donors (Lipinski definition) is 1. The molecule has 1 N–H and O–H groups in total. The number of likely N-dealkylation sites (N-methyl/N-ethyl adjacent to an activating group) is 1. The number of nitrogens with one attached hydrogen (secondary N) is 1. The van der Waals surface area contributed by atoms with Crippen LogP contribution in [0.1, 0.15) is 18.4 Å². The molecule has 0 unspecified atom stereocenters. The Bertz CT molecular complexity index is 468. The van der Waals surface area contributed by atoms with Gasteiger partial charge in [-0.25, -0.2) is 4.85 Å². The molecule has 1 saturated heterocycles. The molecule has 4 heteroatoms. The number of hydrogen-bond acceptors (Lipinski definition) is 2. The van der Waals surface area contributed by atoms with Gasteiger partial charge in [-0.3, -0.25) is 4.79 Å². The van der Waals surface area contributed by atoms with Crippen molar-refractivity contribution in [2.75, 3.05) is 20.3 Å². The van der Waals surface area contributed by atoms with Crippen LogP contribution in [-0.4, -0.2) is 26.2 Å². The van der Waals surface area contributed by atoms with Crippen LogP contribution in [-0.2, 0) is 14.9 Å². The molecular formula is C14H16N2O2. The van der Waals surface area contributed by atoms with Crippen molar-refractivity contribution in [3.63, 3.8) is 0 Å². The van der Waals surface area contributed by atoms with E-state index in [1.807, 2.05) is 12.1 Å². The minimum Gasteiger partial charge on any atom is -0.381 e. The summed E-state index contributed by atoms with van der Waals surface area (Å²) in [5.74, 6) is 0.0290. The molecule has 2 rings (SSSR count). The molecule has 1 heterocycles. The molecule has 1 amide bonds. The highest BCUT2D eigenvalue weighted by Gasteiger charge is 2.40. The van der Waals surface area contributed by atoms with Gasteiger partial charge >= 0.3 is 0 Å². The van der Waals surface area contributed by atoms with Gasteiger partial charge in [0.2, 0.25) is 5.91 Å². The van der Waals surface area contributed by atoms with Crippen molar-refractivity contribution in [3.8, 4) is 0 Å². The average Bonchev–Trinajstić information content (AvgIpc) is 2.47. The summed E-state index contributed by atoms with van der Waals surface area (Å²) in [7, 11) is 1.66. The van der Waals surface area contributed by atoms with Gasteiger partial charge in [-0.1, -0.05) is 24.3 Å². The zero-order valence-electron chi connectivity index (χ0n) is 10.4. The molecule has 1 aromatic carbocycles. The van der Waals surface area contributed by atoms with Gasteiger partial charge in [0.25, 0.3) is 0 Å². The molecule has 0 radical (unpaired) electrons. The highest BCUT2D eigenvalue weighted by molar-refractivity contribution is 5.88. The van der Waals surface area contributed by atoms with Crippen LogP contribution in [0.15, 0.2) is 24.3 Å². The fourth-order valence-corrected chi connectivity index (χ4v) is 2.46. The Labute approximate surface area is 107 Å². The first-order chi connectivity index (χ1) is 8.73. The zero-order valence-corrected chi connectivity index (χ0v) is 10.4. The van der Waals surface area contributed by atoms with Gasteiger partial charge in [0, 0.05) is 20.3 Å². The van der Waals surface area contributed by atoms with Crippen LogP contribution >= 0.6 is 0 Å². The second-order valence-corrected chi connectivity index (χ2v) is 4.43. The standard InChI is InChI=1S/C14H16N2O2/c1-15-12-5-3-11(4-6-12)14(13(17)16-2)7-9-18-10-8-14/h3-6H,7-10H2,2H3,(H,16,17). The predicted molar refractivity (Wildman–Crippen MR) is 68.5 cm³/mol. The average molecular weight is 244 g/mol. The van der Waals surface area contributed by atoms with E-state index >= 15 is 0 Å². The summed E-state index contributed by atoms with van der Waals surface area (Å²) >= 11 is 0. The van der Waals surface area contributed by atoms with E-state index in [-0.39, 0.29) is 5.91 Å². The molecule has 0 spiro atoms. The Morgan fingerprint density at radius 3 is 2.44 bits per heavy atom. The molecule has 94 valence electrons. The largest absolute Gasteiger partial charge is 0.381 e. The predicted octanol–water partition coefficient (Wildman–Crippen LogP) is 2.03. The second-order valence-electron chi connectivity index (χ2n) is 4.43. The Hall–Kier alpha value is -1.86. The normalized spacial score (nSPS) is 17.8. The second kappa shape index (κ2) is 5.19. The summed E-state index contributed by atoms with van der Waals surface area (Å²) in [6.07, 6.45) is 1.37. The fraction of sp³-hybridized carbons (Fsp3) is 0.429. The van der Waals surface area contributed by atoms with E-state index in [2.05, 4.69) is 10.2 Å². The first-order valence-electron chi connectivity index (χ1n) is 6.01. The number of ether oxygens (including phenoxy) is 1. The van der Waals surface area contributed by atoms with Crippen LogP contribution in [0.5, 0.6) is 0 Å². The van der Waals surface area contributed by atoms with E-state index in [0.29, 0.717) is 31.7 Å². The Balaban J connectivity index is 2.39. The molecule has 0 aromatic heterocycles. The van der Waals surface area contributed by atoms with Crippen molar-refractivity contribution in [1.29, 1.82) is 0 Å². The number of carbonyl (C=O) groups is 1. The molecule has 18 heavy (non-hydrogen) atoms. The number of rotatable bonds is 2. The number of carbonyl (C=O) groups excluding carboxylic acids is 1. The first-order valence-corrected chi connectivity index (χ1v) is 6.01. The lowest BCUT2D eigenvalue weighted by atomic mass is 9.73. The van der Waals surface area contributed by atoms with Crippen molar-refractivity contribution in [2.24, 2.45) is 0 Å². The Kier molecular flexibility index (Phi) is 3.63. The molecule has 1 aliphatic rings. The summed E-state index contributed by atoms with van der Waals surface area (Å²) in [5.41, 5.74) is 1.06. The number of benzene rings is 1. The van der Waals surface area contributed by atoms with Gasteiger partial charge in [-0.2, -0.15) is 0 Å². The zero-order chi connectivity index (χ0) is 13.0. The SMILES string of the molecule is [C-]#[N+]c1ccc(C2(C(=O)NC)CCOCC2)cc1. The molecular weight excluding hydrogens is 228 g/mol. The summed E-state index contributed by atoms with van der Waals surface area (Å²) in [5, 5.41) is 2.75. The van der Waals surface area contributed by atoms with E-state index in [0.717, 1.165) is 5.56 Å². The lowest BCUT2D eigenvalue weighted by Gasteiger charge is -2.35. The van der Waals surface area contributed by atoms with Crippen LogP contribution in [0.2, 0.25) is 0 Å². The molecule has 1 aliphatic heterocycles. The van der Waals surface area contributed by atoms with Crippen LogP contribution < -0.4 is 5.32 Å². The van der Waals surface area contributed by atoms with Crippen LogP contribution in [0, 0.1) is 6.57 Å². The number of nitrogens with zero attached hydrogens (tertiary/aromatic N) is 1. The molecule has 4 nitrogen and oxygen atoms in total. The van der Waals surface area contributed by atoms with Crippen molar-refractivity contribution >= 4 is 11.6 Å². The first kappa shape index (κ1) is 12.6. The fourth-order valence-electron chi connectivity index (χ4n) is 2.46. The van der Waals surface area contributed by atoms with Gasteiger partial charge in [0.05, 0.1) is 12.0 Å². The summed E-state index contributed by atoms with van der Waals surface area (Å²) in [6.45, 7) is 8.14. The highest BCUT2D eigenvalue weighted by Crippen LogP contribution is 2.35. The highest BCUT2D eigenvalue weighted by atomic mass is 16.5. The Morgan fingerprint density at radius 1 is 1.33 bits per heavy atom. The van der Waals surface area contributed by atoms with E-state index in [1.54, 1.807) is 19.2 Å². The number of amides is 1. The van der Waals surface area contributed by atoms with Gasteiger partial charge in [0.15, 0.2) is 5.69 Å². The minimum atomic E-state index is -0.506. The minimum absolute atomic E-state index is 0.0290. The lowest BCUT2D eigenvalue weighted by molar-refractivity contribution is -0.129. The van der Waals surface area contributed by atoms with Gasteiger partial charge in [-0.05, 0) is 18.4 Å². The molecule has 0 bridgehead atoms. The third-order valence-corrected chi connectivity index (χ3v) is 3.56. The van der Waals surface area contributed by atoms with Crippen LogP contribution in [0.25, 0.3) is 4.85 Å². The van der Waals surface area contributed by atoms with E-state index in [9.17, 15) is 4.79 Å². The Morgan fingerprint density at radius 2 is 1.94 bits per heavy atom. The molecule has 1 fully saturated rings. The molecule has 0 atom stereocenters. The summed E-state index contributed by atoms with van der Waals surface area (Å²) in [4.78, 5) is 15.6. The topological polar surface area (TPSA) is 42.7 Å². The van der Waals surface area contributed by atoms with E-state index in [4.69, 9.17) is 11.3 Å². The third kappa shape index (κ3) is 2.09. The van der Waals surface area contributed by atoms with Crippen molar-refractivity contribution < 1.29 is 9.53 Å². The maximum absolute atomic E-state index is 12.2. The maximum atomic E-state index is 12.2. The molecule has 0 saturated carbocycles. The van der Waals surface area contributed by atoms with E-state index < -0.39 is 5.41 Å². The third-order valence-electron chi connectivity index (χ3n) is 3.56. The van der Waals surface area contributed by atoms with Gasteiger partial charge in [-0.15, -0.1) is 0 Å². The van der Waals surface area contributed by atoms with Crippen molar-refractivity contribution in [1.82, 2.24) is 5.32 Å². The lowest BCUT2D eigenvalue weighted by Crippen LogP contribution is -2.46. The van der Waals surface area contributed by atoms with Crippen LogP contribution in [0.3, 0.4) is 0 Å². The van der Waals surface area contributed by atoms with Crippen LogP contribution in [0.4, 0.5) is 5.69 Å². The smallest absolute Gasteiger partial charge is 0.230 e. The van der Waals surface area contributed by atoms with Gasteiger partial charge in [0.1, 0.15) is 0 Å².